The smallest absolute Gasteiger partial charge is 0.270 e. The fourth-order valence-corrected chi connectivity index (χ4v) is 1.51. The Morgan fingerprint density at radius 1 is 1.53 bits per heavy atom. The van der Waals surface area contributed by atoms with Crippen LogP contribution in [0.1, 0.15) is 21.9 Å². The van der Waals surface area contributed by atoms with Crippen molar-refractivity contribution in [2.75, 3.05) is 0 Å². The highest BCUT2D eigenvalue weighted by Gasteiger charge is 2.07. The quantitative estimate of drug-likeness (QED) is 0.941. The second-order valence-electron chi connectivity index (χ2n) is 3.47. The number of aryl methyl sites for hydroxylation is 1. The third kappa shape index (κ3) is 3.13. The standard InChI is InChI=1S/C11H10BrN3O2/c1-7-4-9(15-17-7)6-14-11(16)10-3-2-8(12)5-13-10/h2-5H,6H2,1H3,(H,14,16). The van der Waals surface area contributed by atoms with Crippen molar-refractivity contribution in [3.05, 3.63) is 46.0 Å². The summed E-state index contributed by atoms with van der Waals surface area (Å²) in [5, 5.41) is 6.49. The van der Waals surface area contributed by atoms with Gasteiger partial charge in [0.1, 0.15) is 17.1 Å². The summed E-state index contributed by atoms with van der Waals surface area (Å²) in [4.78, 5) is 15.7. The number of rotatable bonds is 3. The van der Waals surface area contributed by atoms with Gasteiger partial charge in [0.05, 0.1) is 6.54 Å². The highest BCUT2D eigenvalue weighted by Crippen LogP contribution is 2.07. The molecule has 2 aromatic heterocycles. The van der Waals surface area contributed by atoms with E-state index in [0.717, 1.165) is 10.2 Å². The van der Waals surface area contributed by atoms with E-state index in [1.807, 2.05) is 0 Å². The molecule has 17 heavy (non-hydrogen) atoms. The minimum atomic E-state index is -0.238. The molecule has 0 atom stereocenters. The summed E-state index contributed by atoms with van der Waals surface area (Å²) in [7, 11) is 0. The predicted octanol–water partition coefficient (Wildman–Crippen LogP) is 2.07. The van der Waals surface area contributed by atoms with Gasteiger partial charge in [0.25, 0.3) is 5.91 Å². The zero-order chi connectivity index (χ0) is 12.3. The third-order valence-electron chi connectivity index (χ3n) is 2.07. The molecule has 2 aromatic rings. The van der Waals surface area contributed by atoms with Crippen molar-refractivity contribution in [1.82, 2.24) is 15.5 Å². The summed E-state index contributed by atoms with van der Waals surface area (Å²) < 4.78 is 5.73. The summed E-state index contributed by atoms with van der Waals surface area (Å²) >= 11 is 3.26. The summed E-state index contributed by atoms with van der Waals surface area (Å²) in [6.45, 7) is 2.13. The number of halogens is 1. The number of carbonyl (C=O) groups is 1. The fraction of sp³-hybridized carbons (Fsp3) is 0.182. The second-order valence-corrected chi connectivity index (χ2v) is 4.39. The van der Waals surface area contributed by atoms with Crippen LogP contribution < -0.4 is 5.32 Å². The van der Waals surface area contributed by atoms with Gasteiger partial charge < -0.3 is 9.84 Å². The molecule has 5 nitrogen and oxygen atoms in total. The molecule has 0 aliphatic rings. The van der Waals surface area contributed by atoms with Crippen LogP contribution in [0.2, 0.25) is 0 Å². The maximum atomic E-state index is 11.7. The van der Waals surface area contributed by atoms with Gasteiger partial charge in [-0.2, -0.15) is 0 Å². The summed E-state index contributed by atoms with van der Waals surface area (Å²) in [5.41, 5.74) is 1.06. The van der Waals surface area contributed by atoms with Crippen molar-refractivity contribution in [3.8, 4) is 0 Å². The van der Waals surface area contributed by atoms with E-state index in [1.54, 1.807) is 31.3 Å². The van der Waals surface area contributed by atoms with Crippen LogP contribution in [-0.2, 0) is 6.54 Å². The van der Waals surface area contributed by atoms with Crippen LogP contribution in [0.25, 0.3) is 0 Å². The van der Waals surface area contributed by atoms with Crippen molar-refractivity contribution >= 4 is 21.8 Å². The highest BCUT2D eigenvalue weighted by atomic mass is 79.9. The Morgan fingerprint density at radius 3 is 2.94 bits per heavy atom. The number of amides is 1. The molecule has 0 unspecified atom stereocenters. The predicted molar refractivity (Wildman–Crippen MR) is 64.3 cm³/mol. The molecule has 0 aromatic carbocycles. The fourth-order valence-electron chi connectivity index (χ4n) is 1.27. The molecule has 0 saturated heterocycles. The van der Waals surface area contributed by atoms with Crippen LogP contribution in [0, 0.1) is 6.92 Å². The number of nitrogens with zero attached hydrogens (tertiary/aromatic N) is 2. The van der Waals surface area contributed by atoms with Gasteiger partial charge in [-0.1, -0.05) is 5.16 Å². The molecule has 0 spiro atoms. The molecule has 2 heterocycles. The van der Waals surface area contributed by atoms with Crippen molar-refractivity contribution in [1.29, 1.82) is 0 Å². The third-order valence-corrected chi connectivity index (χ3v) is 2.54. The van der Waals surface area contributed by atoms with Crippen molar-refractivity contribution in [2.45, 2.75) is 13.5 Å². The molecule has 0 aliphatic carbocycles. The van der Waals surface area contributed by atoms with Gasteiger partial charge in [0.2, 0.25) is 0 Å². The van der Waals surface area contributed by atoms with Crippen LogP contribution >= 0.6 is 15.9 Å². The largest absolute Gasteiger partial charge is 0.361 e. The van der Waals surface area contributed by atoms with E-state index >= 15 is 0 Å². The normalized spacial score (nSPS) is 10.2. The Kier molecular flexibility index (Phi) is 3.53. The maximum Gasteiger partial charge on any atom is 0.270 e. The second kappa shape index (κ2) is 5.09. The van der Waals surface area contributed by atoms with E-state index in [2.05, 4.69) is 31.4 Å². The van der Waals surface area contributed by atoms with Gasteiger partial charge in [-0.3, -0.25) is 4.79 Å². The average Bonchev–Trinajstić information content (AvgIpc) is 2.73. The molecular weight excluding hydrogens is 286 g/mol. The van der Waals surface area contributed by atoms with Gasteiger partial charge in [-0.05, 0) is 35.0 Å². The lowest BCUT2D eigenvalue weighted by Gasteiger charge is -2.01. The SMILES string of the molecule is Cc1cc(CNC(=O)c2ccc(Br)cn2)no1. The molecule has 1 N–H and O–H groups in total. The van der Waals surface area contributed by atoms with Crippen molar-refractivity contribution < 1.29 is 9.32 Å². The molecule has 0 aliphatic heterocycles. The molecule has 1 amide bonds. The number of hydrogen-bond donors (Lipinski definition) is 1. The van der Waals surface area contributed by atoms with Gasteiger partial charge in [0, 0.05) is 16.7 Å². The molecule has 88 valence electrons. The topological polar surface area (TPSA) is 68.0 Å². The summed E-state index contributed by atoms with van der Waals surface area (Å²) in [5.74, 6) is 0.481. The number of nitrogens with one attached hydrogen (secondary N) is 1. The Hall–Kier alpha value is -1.69. The monoisotopic (exact) mass is 295 g/mol. The van der Waals surface area contributed by atoms with Gasteiger partial charge >= 0.3 is 0 Å². The molecule has 6 heteroatoms. The molecule has 0 saturated carbocycles. The number of aromatic nitrogens is 2. The van der Waals surface area contributed by atoms with E-state index < -0.39 is 0 Å². The number of carbonyl (C=O) groups excluding carboxylic acids is 1. The summed E-state index contributed by atoms with van der Waals surface area (Å²) in [6, 6.07) is 5.19. The minimum Gasteiger partial charge on any atom is -0.361 e. The Balaban J connectivity index is 1.95. The number of hydrogen-bond acceptors (Lipinski definition) is 4. The van der Waals surface area contributed by atoms with Crippen molar-refractivity contribution in [2.24, 2.45) is 0 Å². The maximum absolute atomic E-state index is 11.7. The Labute approximate surface area is 106 Å². The zero-order valence-corrected chi connectivity index (χ0v) is 10.7. The zero-order valence-electron chi connectivity index (χ0n) is 9.11. The molecular formula is C11H10BrN3O2. The van der Waals surface area contributed by atoms with Gasteiger partial charge in [0.15, 0.2) is 0 Å². The Bertz CT molecular complexity index is 522. The first kappa shape index (κ1) is 11.8. The van der Waals surface area contributed by atoms with Crippen LogP contribution in [0.5, 0.6) is 0 Å². The first-order chi connectivity index (χ1) is 8.15. The van der Waals surface area contributed by atoms with Crippen LogP contribution in [-0.4, -0.2) is 16.0 Å². The van der Waals surface area contributed by atoms with Crippen LogP contribution in [0.4, 0.5) is 0 Å². The first-order valence-corrected chi connectivity index (χ1v) is 5.76. The molecule has 0 bridgehead atoms. The van der Waals surface area contributed by atoms with E-state index in [4.69, 9.17) is 4.52 Å². The van der Waals surface area contributed by atoms with E-state index in [9.17, 15) is 4.79 Å². The van der Waals surface area contributed by atoms with E-state index in [1.165, 1.54) is 0 Å². The van der Waals surface area contributed by atoms with Crippen molar-refractivity contribution in [3.63, 3.8) is 0 Å². The highest BCUT2D eigenvalue weighted by molar-refractivity contribution is 9.10. The first-order valence-electron chi connectivity index (χ1n) is 4.97. The minimum absolute atomic E-state index is 0.238. The lowest BCUT2D eigenvalue weighted by Crippen LogP contribution is -2.23. The summed E-state index contributed by atoms with van der Waals surface area (Å²) in [6.07, 6.45) is 1.58. The number of pyridine rings is 1. The van der Waals surface area contributed by atoms with E-state index in [0.29, 0.717) is 17.9 Å². The van der Waals surface area contributed by atoms with E-state index in [-0.39, 0.29) is 5.91 Å². The molecule has 2 rings (SSSR count). The lowest BCUT2D eigenvalue weighted by atomic mass is 10.3. The lowest BCUT2D eigenvalue weighted by molar-refractivity contribution is 0.0945. The molecule has 0 radical (unpaired) electrons. The average molecular weight is 296 g/mol. The van der Waals surface area contributed by atoms with Crippen LogP contribution in [0.15, 0.2) is 33.4 Å². The molecule has 0 fully saturated rings. The van der Waals surface area contributed by atoms with Gasteiger partial charge in [-0.25, -0.2) is 4.98 Å². The Morgan fingerprint density at radius 2 is 2.35 bits per heavy atom. The van der Waals surface area contributed by atoms with Gasteiger partial charge in [-0.15, -0.1) is 0 Å². The van der Waals surface area contributed by atoms with Crippen LogP contribution in [0.3, 0.4) is 0 Å².